The molecule has 1 N–H and O–H groups in total. The van der Waals surface area contributed by atoms with Crippen molar-refractivity contribution in [3.63, 3.8) is 0 Å². The predicted octanol–water partition coefficient (Wildman–Crippen LogP) is -1.24. The summed E-state index contributed by atoms with van der Waals surface area (Å²) in [5, 5.41) is 0. The second-order valence-corrected chi connectivity index (χ2v) is 4.80. The number of nitrogens with one attached hydrogen (secondary N) is 1. The summed E-state index contributed by atoms with van der Waals surface area (Å²) in [4.78, 5) is 11.4. The van der Waals surface area contributed by atoms with Gasteiger partial charge in [-0.05, 0) is 6.42 Å². The van der Waals surface area contributed by atoms with Gasteiger partial charge in [-0.1, -0.05) is 13.5 Å². The molecule has 0 saturated carbocycles. The third-order valence-corrected chi connectivity index (χ3v) is 2.03. The van der Waals surface area contributed by atoms with E-state index < -0.39 is 10.1 Å². The first kappa shape index (κ1) is 17.5. The molecule has 0 fully saturated rings. The summed E-state index contributed by atoms with van der Waals surface area (Å²) in [5.41, 5.74) is 0. The number of carbonyl (C=O) groups is 1. The van der Waals surface area contributed by atoms with Crippen molar-refractivity contribution in [2.24, 2.45) is 0 Å². The smallest absolute Gasteiger partial charge is 0.334 e. The summed E-state index contributed by atoms with van der Waals surface area (Å²) in [6.07, 6.45) is 1.56. The SMILES string of the molecule is C=CC(=O)OC[NH+](C)C.CCCS(=O)(=O)[O-]. The molecule has 0 atom stereocenters. The summed E-state index contributed by atoms with van der Waals surface area (Å²) in [7, 11) is -0.126. The molecule has 0 aromatic rings. The Kier molecular flexibility index (Phi) is 10.2. The maximum Gasteiger partial charge on any atom is 0.334 e. The first-order valence-electron chi connectivity index (χ1n) is 4.74. The first-order valence-corrected chi connectivity index (χ1v) is 6.32. The zero-order chi connectivity index (χ0) is 13.2. The lowest BCUT2D eigenvalue weighted by atomic mass is 10.6. The van der Waals surface area contributed by atoms with E-state index >= 15 is 0 Å². The molecule has 0 spiro atoms. The highest BCUT2D eigenvalue weighted by atomic mass is 32.2. The van der Waals surface area contributed by atoms with Gasteiger partial charge in [-0.15, -0.1) is 0 Å². The molecule has 0 aliphatic rings. The largest absolute Gasteiger partial charge is 0.748 e. The number of quaternary nitrogens is 1. The molecule has 0 bridgehead atoms. The van der Waals surface area contributed by atoms with Gasteiger partial charge in [-0.3, -0.25) is 0 Å². The maximum atomic E-state index is 10.4. The van der Waals surface area contributed by atoms with E-state index in [0.717, 1.165) is 11.0 Å². The average Bonchev–Trinajstić information content (AvgIpc) is 2.13. The van der Waals surface area contributed by atoms with Gasteiger partial charge in [-0.25, -0.2) is 13.2 Å². The Labute approximate surface area is 96.6 Å². The summed E-state index contributed by atoms with van der Waals surface area (Å²) in [6, 6.07) is 0. The van der Waals surface area contributed by atoms with Gasteiger partial charge in [0.2, 0.25) is 6.73 Å². The van der Waals surface area contributed by atoms with Crippen molar-refractivity contribution in [3.05, 3.63) is 12.7 Å². The standard InChI is InChI=1S/C6H11NO2.C3H8O3S/c1-4-6(8)9-5-7(2)3;1-2-3-7(4,5)6/h4H,1,5H2,2-3H3;2-3H2,1H3,(H,4,5,6). The van der Waals surface area contributed by atoms with E-state index in [1.54, 1.807) is 6.92 Å². The number of rotatable bonds is 5. The summed E-state index contributed by atoms with van der Waals surface area (Å²) < 4.78 is 33.7. The van der Waals surface area contributed by atoms with Gasteiger partial charge in [0.1, 0.15) is 0 Å². The minimum absolute atomic E-state index is 0.243. The lowest BCUT2D eigenvalue weighted by Crippen LogP contribution is -3.06. The number of carbonyl (C=O) groups excluding carboxylic acids is 1. The zero-order valence-electron chi connectivity index (χ0n) is 9.86. The molecule has 0 aromatic carbocycles. The van der Waals surface area contributed by atoms with E-state index in [2.05, 4.69) is 11.3 Å². The molecule has 0 radical (unpaired) electrons. The maximum absolute atomic E-state index is 10.4. The Bertz CT molecular complexity index is 297. The van der Waals surface area contributed by atoms with Gasteiger partial charge in [0.05, 0.1) is 24.2 Å². The highest BCUT2D eigenvalue weighted by molar-refractivity contribution is 7.85. The van der Waals surface area contributed by atoms with E-state index in [9.17, 15) is 17.8 Å². The van der Waals surface area contributed by atoms with Crippen LogP contribution in [0.25, 0.3) is 0 Å². The van der Waals surface area contributed by atoms with Crippen molar-refractivity contribution in [2.45, 2.75) is 13.3 Å². The van der Waals surface area contributed by atoms with Crippen LogP contribution in [-0.4, -0.2) is 45.5 Å². The molecule has 0 aliphatic carbocycles. The molecule has 6 nitrogen and oxygen atoms in total. The summed E-state index contributed by atoms with van der Waals surface area (Å²) in [5.74, 6) is -0.608. The Balaban J connectivity index is 0. The van der Waals surface area contributed by atoms with Crippen LogP contribution in [0.5, 0.6) is 0 Å². The Hall–Kier alpha value is -0.920. The highest BCUT2D eigenvalue weighted by Gasteiger charge is 1.96. The molecule has 0 unspecified atom stereocenters. The Morgan fingerprint density at radius 2 is 2.00 bits per heavy atom. The van der Waals surface area contributed by atoms with Crippen molar-refractivity contribution >= 4 is 16.1 Å². The van der Waals surface area contributed by atoms with Crippen molar-refractivity contribution in [1.82, 2.24) is 0 Å². The molecule has 0 aliphatic heterocycles. The second kappa shape index (κ2) is 9.32. The highest BCUT2D eigenvalue weighted by Crippen LogP contribution is 1.83. The normalized spacial score (nSPS) is 10.3. The molecule has 0 heterocycles. The number of hydrogen-bond donors (Lipinski definition) is 1. The van der Waals surface area contributed by atoms with Gasteiger partial charge >= 0.3 is 5.97 Å². The van der Waals surface area contributed by atoms with E-state index in [0.29, 0.717) is 13.2 Å². The van der Waals surface area contributed by atoms with Crippen LogP contribution < -0.4 is 4.90 Å². The molecular formula is C9H19NO5S. The van der Waals surface area contributed by atoms with Gasteiger partial charge in [0.15, 0.2) is 0 Å². The number of esters is 1. The van der Waals surface area contributed by atoms with Crippen LogP contribution in [0.15, 0.2) is 12.7 Å². The minimum Gasteiger partial charge on any atom is -0.748 e. The van der Waals surface area contributed by atoms with Crippen molar-refractivity contribution in [3.8, 4) is 0 Å². The van der Waals surface area contributed by atoms with Crippen LogP contribution in [0.4, 0.5) is 0 Å². The van der Waals surface area contributed by atoms with Crippen molar-refractivity contribution in [2.75, 3.05) is 26.6 Å². The Morgan fingerprint density at radius 3 is 2.19 bits per heavy atom. The van der Waals surface area contributed by atoms with Crippen LogP contribution in [0, 0.1) is 0 Å². The quantitative estimate of drug-likeness (QED) is 0.286. The van der Waals surface area contributed by atoms with Gasteiger partial charge in [-0.2, -0.15) is 0 Å². The molecule has 7 heteroatoms. The Morgan fingerprint density at radius 1 is 1.50 bits per heavy atom. The van der Waals surface area contributed by atoms with E-state index in [4.69, 9.17) is 0 Å². The second-order valence-electron chi connectivity index (χ2n) is 3.28. The molecule has 0 aromatic heterocycles. The first-order chi connectivity index (χ1) is 7.22. The summed E-state index contributed by atoms with van der Waals surface area (Å²) in [6.45, 7) is 5.30. The zero-order valence-corrected chi connectivity index (χ0v) is 10.7. The molecule has 0 amide bonds. The van der Waals surface area contributed by atoms with Gasteiger partial charge in [0.25, 0.3) is 0 Å². The minimum atomic E-state index is -3.92. The van der Waals surface area contributed by atoms with Crippen LogP contribution in [0.3, 0.4) is 0 Å². The predicted molar refractivity (Wildman–Crippen MR) is 58.8 cm³/mol. The molecule has 96 valence electrons. The van der Waals surface area contributed by atoms with Crippen molar-refractivity contribution in [1.29, 1.82) is 0 Å². The molecule has 16 heavy (non-hydrogen) atoms. The molecular weight excluding hydrogens is 234 g/mol. The lowest BCUT2D eigenvalue weighted by molar-refractivity contribution is -0.877. The molecule has 0 rings (SSSR count). The van der Waals surface area contributed by atoms with Crippen LogP contribution in [0.1, 0.15) is 13.3 Å². The fourth-order valence-electron chi connectivity index (χ4n) is 0.524. The third kappa shape index (κ3) is 18.8. The molecule has 0 saturated heterocycles. The van der Waals surface area contributed by atoms with Crippen LogP contribution >= 0.6 is 0 Å². The van der Waals surface area contributed by atoms with E-state index in [-0.39, 0.29) is 11.7 Å². The fourth-order valence-corrected chi connectivity index (χ4v) is 1.02. The average molecular weight is 253 g/mol. The van der Waals surface area contributed by atoms with Crippen LogP contribution in [0.2, 0.25) is 0 Å². The lowest BCUT2D eigenvalue weighted by Gasteiger charge is -2.05. The topological polar surface area (TPSA) is 87.9 Å². The number of hydrogen-bond acceptors (Lipinski definition) is 5. The third-order valence-electron chi connectivity index (χ3n) is 1.12. The fraction of sp³-hybridized carbons (Fsp3) is 0.667. The van der Waals surface area contributed by atoms with Crippen LogP contribution in [-0.2, 0) is 19.6 Å². The summed E-state index contributed by atoms with van der Waals surface area (Å²) >= 11 is 0. The van der Waals surface area contributed by atoms with Gasteiger partial charge in [0, 0.05) is 11.8 Å². The monoisotopic (exact) mass is 253 g/mol. The van der Waals surface area contributed by atoms with E-state index in [1.807, 2.05) is 14.1 Å². The van der Waals surface area contributed by atoms with Crippen molar-refractivity contribution < 1.29 is 27.4 Å². The van der Waals surface area contributed by atoms with Gasteiger partial charge < -0.3 is 14.2 Å². The van der Waals surface area contributed by atoms with E-state index in [1.165, 1.54) is 0 Å². The number of ether oxygens (including phenoxy) is 1.